The smallest absolute Gasteiger partial charge is 0.306 e. The van der Waals surface area contributed by atoms with Crippen LogP contribution in [0.5, 0.6) is 0 Å². The molecule has 0 saturated carbocycles. The molecule has 1 aliphatic rings. The summed E-state index contributed by atoms with van der Waals surface area (Å²) < 4.78 is 5.13. The Morgan fingerprint density at radius 3 is 2.58 bits per heavy atom. The van der Waals surface area contributed by atoms with Crippen LogP contribution in [0, 0.1) is 0 Å². The number of carbonyl (C=O) groups excluding carboxylic acids is 1. The number of rotatable bonds is 5. The van der Waals surface area contributed by atoms with Gasteiger partial charge in [-0.15, -0.1) is 10.2 Å². The summed E-state index contributed by atoms with van der Waals surface area (Å²) in [6, 6.07) is 0. The molecule has 0 amide bonds. The molecule has 0 unspecified atom stereocenters. The van der Waals surface area contributed by atoms with Gasteiger partial charge in [-0.25, -0.2) is 0 Å². The maximum atomic E-state index is 11.1. The number of piperazine rings is 1. The highest BCUT2D eigenvalue weighted by atomic mass is 35.5. The van der Waals surface area contributed by atoms with Gasteiger partial charge in [0.05, 0.1) is 20.1 Å². The molecule has 1 saturated heterocycles. The van der Waals surface area contributed by atoms with Crippen LogP contribution in [-0.2, 0) is 16.1 Å². The van der Waals surface area contributed by atoms with E-state index in [0.29, 0.717) is 10.9 Å². The summed E-state index contributed by atoms with van der Waals surface area (Å²) in [7, 11) is 1.42. The van der Waals surface area contributed by atoms with Crippen molar-refractivity contribution in [3.63, 3.8) is 0 Å². The number of nitrogens with zero attached hydrogens (tertiary/aromatic N) is 4. The maximum Gasteiger partial charge on any atom is 0.306 e. The first-order valence-electron chi connectivity index (χ1n) is 6.17. The second-order valence-electron chi connectivity index (χ2n) is 4.39. The van der Waals surface area contributed by atoms with Crippen molar-refractivity contribution in [2.45, 2.75) is 13.0 Å². The molecule has 8 heteroatoms. The molecule has 1 fully saturated rings. The van der Waals surface area contributed by atoms with Gasteiger partial charge in [-0.2, -0.15) is 0 Å². The lowest BCUT2D eigenvalue weighted by atomic mass is 10.3. The molecule has 2 heterocycles. The minimum absolute atomic E-state index is 0.147. The molecule has 2 rings (SSSR count). The third-order valence-electron chi connectivity index (χ3n) is 3.13. The zero-order chi connectivity index (χ0) is 13.7. The van der Waals surface area contributed by atoms with Crippen molar-refractivity contribution in [2.24, 2.45) is 0 Å². The van der Waals surface area contributed by atoms with Crippen molar-refractivity contribution in [3.8, 4) is 0 Å². The van der Waals surface area contributed by atoms with Gasteiger partial charge in [-0.05, 0) is 11.6 Å². The van der Waals surface area contributed by atoms with Gasteiger partial charge < -0.3 is 9.64 Å². The van der Waals surface area contributed by atoms with Gasteiger partial charge in [0, 0.05) is 32.7 Å². The van der Waals surface area contributed by atoms with Crippen LogP contribution in [0.2, 0.25) is 4.47 Å². The summed E-state index contributed by atoms with van der Waals surface area (Å²) >= 11 is 7.19. The van der Waals surface area contributed by atoms with Crippen molar-refractivity contribution >= 4 is 28.9 Å². The molecule has 106 valence electrons. The minimum atomic E-state index is -0.147. The van der Waals surface area contributed by atoms with Crippen LogP contribution in [0.1, 0.15) is 11.4 Å². The molecule has 0 spiro atoms. The Labute approximate surface area is 121 Å². The van der Waals surface area contributed by atoms with Crippen LogP contribution in [-0.4, -0.2) is 65.8 Å². The molecule has 1 aromatic heterocycles. The van der Waals surface area contributed by atoms with Crippen molar-refractivity contribution in [3.05, 3.63) is 9.47 Å². The lowest BCUT2D eigenvalue weighted by Crippen LogP contribution is -2.46. The van der Waals surface area contributed by atoms with Gasteiger partial charge in [-0.1, -0.05) is 11.3 Å². The summed E-state index contributed by atoms with van der Waals surface area (Å²) in [6.07, 6.45) is 0.461. The summed E-state index contributed by atoms with van der Waals surface area (Å²) in [5, 5.41) is 8.77. The van der Waals surface area contributed by atoms with E-state index in [1.807, 2.05) is 0 Å². The van der Waals surface area contributed by atoms with E-state index >= 15 is 0 Å². The van der Waals surface area contributed by atoms with E-state index < -0.39 is 0 Å². The molecule has 0 aliphatic carbocycles. The lowest BCUT2D eigenvalue weighted by molar-refractivity contribution is -0.141. The van der Waals surface area contributed by atoms with Crippen molar-refractivity contribution in [1.82, 2.24) is 20.0 Å². The Kier molecular flexibility index (Phi) is 5.50. The summed E-state index contributed by atoms with van der Waals surface area (Å²) in [5.41, 5.74) is 0. The normalized spacial score (nSPS) is 17.6. The van der Waals surface area contributed by atoms with Gasteiger partial charge in [0.1, 0.15) is 5.01 Å². The molecule has 1 aromatic rings. The fourth-order valence-corrected chi connectivity index (χ4v) is 2.92. The average molecular weight is 305 g/mol. The Bertz CT molecular complexity index is 421. The summed E-state index contributed by atoms with van der Waals surface area (Å²) in [5.74, 6) is -0.147. The fraction of sp³-hybridized carbons (Fsp3) is 0.727. The number of halogens is 1. The largest absolute Gasteiger partial charge is 0.469 e. The number of hydrogen-bond donors (Lipinski definition) is 0. The maximum absolute atomic E-state index is 11.1. The summed E-state index contributed by atoms with van der Waals surface area (Å²) in [6.45, 7) is 5.43. The molecule has 6 nitrogen and oxygen atoms in total. The van der Waals surface area contributed by atoms with Crippen LogP contribution < -0.4 is 0 Å². The number of methoxy groups -OCH3 is 1. The molecule has 19 heavy (non-hydrogen) atoms. The van der Waals surface area contributed by atoms with Crippen molar-refractivity contribution in [1.29, 1.82) is 0 Å². The first kappa shape index (κ1) is 14.6. The highest BCUT2D eigenvalue weighted by Crippen LogP contribution is 2.17. The predicted molar refractivity (Wildman–Crippen MR) is 73.3 cm³/mol. The van der Waals surface area contributed by atoms with E-state index in [9.17, 15) is 4.79 Å². The van der Waals surface area contributed by atoms with E-state index in [0.717, 1.165) is 44.3 Å². The SMILES string of the molecule is COC(=O)CCN1CCN(Cc2nnc(Cl)s2)CC1. The van der Waals surface area contributed by atoms with E-state index in [4.69, 9.17) is 11.6 Å². The zero-order valence-corrected chi connectivity index (χ0v) is 12.4. The second kappa shape index (κ2) is 7.14. The number of hydrogen-bond acceptors (Lipinski definition) is 7. The Balaban J connectivity index is 1.69. The van der Waals surface area contributed by atoms with Gasteiger partial charge in [0.2, 0.25) is 4.47 Å². The highest BCUT2D eigenvalue weighted by molar-refractivity contribution is 7.15. The van der Waals surface area contributed by atoms with Crippen molar-refractivity contribution in [2.75, 3.05) is 39.8 Å². The van der Waals surface area contributed by atoms with Crippen LogP contribution >= 0.6 is 22.9 Å². The van der Waals surface area contributed by atoms with Gasteiger partial charge in [0.15, 0.2) is 0 Å². The van der Waals surface area contributed by atoms with Gasteiger partial charge in [-0.3, -0.25) is 9.69 Å². The third kappa shape index (κ3) is 4.68. The third-order valence-corrected chi connectivity index (χ3v) is 4.13. The fourth-order valence-electron chi connectivity index (χ4n) is 2.01. The Hall–Kier alpha value is -0.760. The molecule has 0 radical (unpaired) electrons. The predicted octanol–water partition coefficient (Wildman–Crippen LogP) is 0.872. The average Bonchev–Trinajstić information content (AvgIpc) is 2.83. The first-order valence-corrected chi connectivity index (χ1v) is 7.36. The Morgan fingerprint density at radius 2 is 2.00 bits per heavy atom. The minimum Gasteiger partial charge on any atom is -0.469 e. The topological polar surface area (TPSA) is 58.6 Å². The van der Waals surface area contributed by atoms with Crippen LogP contribution in [0.4, 0.5) is 0 Å². The molecular weight excluding hydrogens is 288 g/mol. The van der Waals surface area contributed by atoms with E-state index in [2.05, 4.69) is 24.7 Å². The van der Waals surface area contributed by atoms with Gasteiger partial charge >= 0.3 is 5.97 Å². The molecular formula is C11H17ClN4O2S. The lowest BCUT2D eigenvalue weighted by Gasteiger charge is -2.33. The summed E-state index contributed by atoms with van der Waals surface area (Å²) in [4.78, 5) is 15.7. The van der Waals surface area contributed by atoms with Crippen LogP contribution in [0.15, 0.2) is 0 Å². The van der Waals surface area contributed by atoms with E-state index in [1.54, 1.807) is 0 Å². The molecule has 1 aliphatic heterocycles. The van der Waals surface area contributed by atoms with E-state index in [-0.39, 0.29) is 5.97 Å². The number of aromatic nitrogens is 2. The molecule has 0 N–H and O–H groups in total. The first-order chi connectivity index (χ1) is 9.17. The standard InChI is InChI=1S/C11H17ClN4O2S/c1-18-10(17)2-3-15-4-6-16(7-5-15)8-9-13-14-11(12)19-9/h2-8H2,1H3. The Morgan fingerprint density at radius 1 is 1.32 bits per heavy atom. The molecule has 0 atom stereocenters. The van der Waals surface area contributed by atoms with Gasteiger partial charge in [0.25, 0.3) is 0 Å². The number of esters is 1. The van der Waals surface area contributed by atoms with E-state index in [1.165, 1.54) is 18.4 Å². The van der Waals surface area contributed by atoms with Crippen LogP contribution in [0.25, 0.3) is 0 Å². The van der Waals surface area contributed by atoms with Crippen LogP contribution in [0.3, 0.4) is 0 Å². The van der Waals surface area contributed by atoms with Crippen molar-refractivity contribution < 1.29 is 9.53 Å². The number of carbonyl (C=O) groups is 1. The zero-order valence-electron chi connectivity index (χ0n) is 10.8. The second-order valence-corrected chi connectivity index (χ2v) is 6.04. The monoisotopic (exact) mass is 304 g/mol. The number of ether oxygens (including phenoxy) is 1. The molecule has 0 aromatic carbocycles. The quantitative estimate of drug-likeness (QED) is 0.753. The molecule has 0 bridgehead atoms. The highest BCUT2D eigenvalue weighted by Gasteiger charge is 2.18.